The van der Waals surface area contributed by atoms with Crippen molar-refractivity contribution < 1.29 is 4.79 Å². The lowest BCUT2D eigenvalue weighted by molar-refractivity contribution is -0.118. The molecule has 0 saturated heterocycles. The number of amides is 1. The Morgan fingerprint density at radius 1 is 1.26 bits per heavy atom. The van der Waals surface area contributed by atoms with Crippen LogP contribution >= 0.6 is 34.7 Å². The van der Waals surface area contributed by atoms with Gasteiger partial charge in [-0.3, -0.25) is 14.6 Å². The summed E-state index contributed by atoms with van der Waals surface area (Å²) in [5.41, 5.74) is 0.263. The van der Waals surface area contributed by atoms with E-state index in [0.717, 1.165) is 28.7 Å². The molecule has 1 amide bonds. The van der Waals surface area contributed by atoms with E-state index >= 15 is 0 Å². The van der Waals surface area contributed by atoms with Gasteiger partial charge in [0.2, 0.25) is 5.91 Å². The van der Waals surface area contributed by atoms with Crippen molar-refractivity contribution in [3.63, 3.8) is 0 Å². The average molecular weight is 421 g/mol. The number of thioether (sulfide) groups is 1. The fraction of sp³-hybridized carbons (Fsp3) is 0.176. The molecule has 0 saturated carbocycles. The van der Waals surface area contributed by atoms with Crippen LogP contribution in [0.2, 0.25) is 5.02 Å². The Kier molecular flexibility index (Phi) is 6.01. The Labute approximate surface area is 166 Å². The molecule has 1 aromatic carbocycles. The lowest BCUT2D eigenvalue weighted by atomic mass is 10.1. The summed E-state index contributed by atoms with van der Waals surface area (Å²) >= 11 is 8.07. The number of nitrogens with one attached hydrogen (secondary N) is 3. The third-order valence-corrected chi connectivity index (χ3v) is 6.35. The molecule has 0 unspecified atom stereocenters. The van der Waals surface area contributed by atoms with Crippen molar-refractivity contribution in [1.82, 2.24) is 15.3 Å². The van der Waals surface area contributed by atoms with Crippen LogP contribution in [0.1, 0.15) is 11.1 Å². The van der Waals surface area contributed by atoms with Crippen molar-refractivity contribution in [3.8, 4) is 6.07 Å². The molecule has 27 heavy (non-hydrogen) atoms. The zero-order chi connectivity index (χ0) is 19.4. The van der Waals surface area contributed by atoms with Crippen LogP contribution in [0.4, 0.5) is 0 Å². The molecule has 138 valence electrons. The predicted molar refractivity (Wildman–Crippen MR) is 107 cm³/mol. The summed E-state index contributed by atoms with van der Waals surface area (Å²) in [6.45, 7) is 0.478. The number of aromatic nitrogens is 2. The zero-order valence-electron chi connectivity index (χ0n) is 13.8. The molecule has 0 fully saturated rings. The maximum Gasteiger partial charge on any atom is 0.326 e. The van der Waals surface area contributed by atoms with Gasteiger partial charge in [-0.05, 0) is 24.1 Å². The van der Waals surface area contributed by atoms with Crippen LogP contribution in [0.5, 0.6) is 0 Å². The number of H-pyrrole nitrogens is 2. The van der Waals surface area contributed by atoms with Gasteiger partial charge < -0.3 is 10.3 Å². The summed E-state index contributed by atoms with van der Waals surface area (Å²) < 4.78 is 0.782. The van der Waals surface area contributed by atoms with Gasteiger partial charge in [-0.2, -0.15) is 5.26 Å². The first-order valence-corrected chi connectivity index (χ1v) is 9.99. The van der Waals surface area contributed by atoms with E-state index in [1.807, 2.05) is 18.2 Å². The first-order valence-electron chi connectivity index (χ1n) is 7.81. The van der Waals surface area contributed by atoms with Crippen LogP contribution in [-0.2, 0) is 11.2 Å². The van der Waals surface area contributed by atoms with Crippen LogP contribution < -0.4 is 16.6 Å². The lowest BCUT2D eigenvalue weighted by Gasteiger charge is -2.05. The van der Waals surface area contributed by atoms with Gasteiger partial charge in [0.05, 0.1) is 15.5 Å². The predicted octanol–water partition coefficient (Wildman–Crippen LogP) is 2.25. The number of carbonyl (C=O) groups excluding carboxylic acids is 1. The van der Waals surface area contributed by atoms with Gasteiger partial charge in [0.1, 0.15) is 16.3 Å². The third kappa shape index (κ3) is 4.60. The van der Waals surface area contributed by atoms with Crippen molar-refractivity contribution in [2.45, 2.75) is 10.6 Å². The smallest absolute Gasteiger partial charge is 0.326 e. The van der Waals surface area contributed by atoms with E-state index in [1.165, 1.54) is 0 Å². The molecule has 0 radical (unpaired) electrons. The third-order valence-electron chi connectivity index (χ3n) is 3.64. The Hall–Kier alpha value is -2.54. The highest BCUT2D eigenvalue weighted by molar-refractivity contribution is 8.02. The molecule has 7 nitrogen and oxygen atoms in total. The molecule has 3 aromatic rings. The van der Waals surface area contributed by atoms with E-state index in [0.29, 0.717) is 22.2 Å². The minimum Gasteiger partial charge on any atom is -0.355 e. The van der Waals surface area contributed by atoms with Crippen LogP contribution in [0.25, 0.3) is 10.2 Å². The summed E-state index contributed by atoms with van der Waals surface area (Å²) in [4.78, 5) is 39.9. The Morgan fingerprint density at radius 3 is 2.70 bits per heavy atom. The number of nitrogens with zero attached hydrogens (tertiary/aromatic N) is 1. The molecular weight excluding hydrogens is 408 g/mol. The first-order chi connectivity index (χ1) is 13.0. The molecule has 0 aliphatic heterocycles. The molecule has 3 N–H and O–H groups in total. The number of aromatic amines is 2. The van der Waals surface area contributed by atoms with E-state index in [1.54, 1.807) is 12.1 Å². The van der Waals surface area contributed by atoms with E-state index < -0.39 is 11.2 Å². The van der Waals surface area contributed by atoms with Gasteiger partial charge in [0.15, 0.2) is 0 Å². The maximum absolute atomic E-state index is 12.0. The fourth-order valence-electron chi connectivity index (χ4n) is 2.38. The highest BCUT2D eigenvalue weighted by Gasteiger charge is 2.17. The summed E-state index contributed by atoms with van der Waals surface area (Å²) in [6.07, 6.45) is 0.677. The van der Waals surface area contributed by atoms with Gasteiger partial charge in [-0.1, -0.05) is 23.7 Å². The second kappa shape index (κ2) is 8.43. The maximum atomic E-state index is 12.0. The summed E-state index contributed by atoms with van der Waals surface area (Å²) in [5, 5.41) is 12.8. The molecule has 0 bridgehead atoms. The average Bonchev–Trinajstić information content (AvgIpc) is 2.99. The van der Waals surface area contributed by atoms with Gasteiger partial charge in [0.25, 0.3) is 5.56 Å². The molecule has 0 aliphatic rings. The van der Waals surface area contributed by atoms with Crippen LogP contribution in [0, 0.1) is 11.3 Å². The number of rotatable bonds is 6. The standard InChI is InChI=1S/C17H13ClN4O3S2/c18-10-3-1-9(2-4-10)5-6-20-12(23)8-26-16-11(7-19)13-14(27-16)15(24)22-17(25)21-13/h1-4H,5-6,8H2,(H,20,23)(H2,21,22,24,25). The number of fused-ring (bicyclic) bond motifs is 1. The van der Waals surface area contributed by atoms with Gasteiger partial charge in [-0.15, -0.1) is 23.1 Å². The Bertz CT molecular complexity index is 1140. The highest BCUT2D eigenvalue weighted by atomic mass is 35.5. The van der Waals surface area contributed by atoms with Crippen molar-refractivity contribution >= 4 is 50.8 Å². The van der Waals surface area contributed by atoms with Crippen molar-refractivity contribution in [2.75, 3.05) is 12.3 Å². The summed E-state index contributed by atoms with van der Waals surface area (Å²) in [5.74, 6) is -0.0812. The van der Waals surface area contributed by atoms with Crippen LogP contribution in [0.15, 0.2) is 38.1 Å². The second-order valence-electron chi connectivity index (χ2n) is 5.50. The minimum atomic E-state index is -0.668. The zero-order valence-corrected chi connectivity index (χ0v) is 16.2. The SMILES string of the molecule is N#Cc1c(SCC(=O)NCCc2ccc(Cl)cc2)sc2c(=O)[nH]c(=O)[nH]c12. The number of thiophene rings is 1. The van der Waals surface area contributed by atoms with Crippen molar-refractivity contribution in [3.05, 3.63) is 61.3 Å². The number of nitriles is 1. The lowest BCUT2D eigenvalue weighted by Crippen LogP contribution is -2.27. The number of carbonyl (C=O) groups is 1. The molecular formula is C17H13ClN4O3S2. The van der Waals surface area contributed by atoms with Gasteiger partial charge in [-0.25, -0.2) is 4.79 Å². The minimum absolute atomic E-state index is 0.101. The highest BCUT2D eigenvalue weighted by Crippen LogP contribution is 2.34. The van der Waals surface area contributed by atoms with Gasteiger partial charge >= 0.3 is 5.69 Å². The topological polar surface area (TPSA) is 119 Å². The first kappa shape index (κ1) is 19.2. The summed E-state index contributed by atoms with van der Waals surface area (Å²) in [7, 11) is 0. The molecule has 10 heteroatoms. The quantitative estimate of drug-likeness (QED) is 0.528. The van der Waals surface area contributed by atoms with E-state index in [-0.39, 0.29) is 27.4 Å². The molecule has 2 heterocycles. The number of benzene rings is 1. The van der Waals surface area contributed by atoms with E-state index in [2.05, 4.69) is 15.3 Å². The Morgan fingerprint density at radius 2 is 2.00 bits per heavy atom. The van der Waals surface area contributed by atoms with E-state index in [4.69, 9.17) is 11.6 Å². The molecule has 2 aromatic heterocycles. The van der Waals surface area contributed by atoms with Crippen LogP contribution in [-0.4, -0.2) is 28.2 Å². The molecule has 0 spiro atoms. The number of halogens is 1. The monoisotopic (exact) mass is 420 g/mol. The van der Waals surface area contributed by atoms with Crippen LogP contribution in [0.3, 0.4) is 0 Å². The van der Waals surface area contributed by atoms with E-state index in [9.17, 15) is 19.6 Å². The number of hydrogen-bond donors (Lipinski definition) is 3. The van der Waals surface area contributed by atoms with Crippen molar-refractivity contribution in [1.29, 1.82) is 5.26 Å². The fourth-order valence-corrected chi connectivity index (χ4v) is 4.66. The largest absolute Gasteiger partial charge is 0.355 e. The number of hydrogen-bond acceptors (Lipinski definition) is 6. The van der Waals surface area contributed by atoms with Gasteiger partial charge in [0, 0.05) is 11.6 Å². The normalized spacial score (nSPS) is 10.7. The summed E-state index contributed by atoms with van der Waals surface area (Å²) in [6, 6.07) is 9.39. The second-order valence-corrected chi connectivity index (χ2v) is 8.20. The Balaban J connectivity index is 1.61. The molecule has 0 atom stereocenters. The van der Waals surface area contributed by atoms with Crippen molar-refractivity contribution in [2.24, 2.45) is 0 Å². The molecule has 3 rings (SSSR count). The molecule has 0 aliphatic carbocycles.